The van der Waals surface area contributed by atoms with Crippen LogP contribution in [0.15, 0.2) is 6.20 Å². The third-order valence-electron chi connectivity index (χ3n) is 3.77. The van der Waals surface area contributed by atoms with Gasteiger partial charge in [-0.2, -0.15) is 4.98 Å². The molecule has 4 nitrogen and oxygen atoms in total. The van der Waals surface area contributed by atoms with Gasteiger partial charge in [0, 0.05) is 13.1 Å². The first-order chi connectivity index (χ1) is 9.19. The first kappa shape index (κ1) is 14.4. The molecule has 0 unspecified atom stereocenters. The minimum absolute atomic E-state index is 0.589. The Bertz CT molecular complexity index is 402. The van der Waals surface area contributed by atoms with Crippen molar-refractivity contribution in [1.29, 1.82) is 0 Å². The standard InChI is InChI=1S/C14H23ClN4/c1-3-16-14-18-9-12(15)13(19-14)17-8-11-6-4-10(2)5-7-11/h9-11H,3-8H2,1-2H3,(H2,16,17,18,19). The normalized spacial score (nSPS) is 23.1. The predicted molar refractivity (Wildman–Crippen MR) is 80.8 cm³/mol. The molecule has 0 spiro atoms. The fraction of sp³-hybridized carbons (Fsp3) is 0.714. The third-order valence-corrected chi connectivity index (χ3v) is 4.05. The zero-order chi connectivity index (χ0) is 13.7. The van der Waals surface area contributed by atoms with Crippen LogP contribution >= 0.6 is 11.6 Å². The van der Waals surface area contributed by atoms with Gasteiger partial charge in [-0.05, 0) is 31.6 Å². The van der Waals surface area contributed by atoms with Crippen molar-refractivity contribution in [3.05, 3.63) is 11.2 Å². The van der Waals surface area contributed by atoms with Crippen molar-refractivity contribution in [2.75, 3.05) is 23.7 Å². The van der Waals surface area contributed by atoms with E-state index in [1.807, 2.05) is 6.92 Å². The van der Waals surface area contributed by atoms with Crippen molar-refractivity contribution in [1.82, 2.24) is 9.97 Å². The summed E-state index contributed by atoms with van der Waals surface area (Å²) in [5.41, 5.74) is 0. The molecule has 0 aromatic carbocycles. The van der Waals surface area contributed by atoms with Crippen LogP contribution < -0.4 is 10.6 Å². The van der Waals surface area contributed by atoms with E-state index in [0.717, 1.165) is 30.7 Å². The molecule has 1 heterocycles. The van der Waals surface area contributed by atoms with Crippen molar-refractivity contribution in [3.8, 4) is 0 Å². The van der Waals surface area contributed by atoms with Gasteiger partial charge in [0.15, 0.2) is 0 Å². The smallest absolute Gasteiger partial charge is 0.224 e. The van der Waals surface area contributed by atoms with Crippen molar-refractivity contribution >= 4 is 23.4 Å². The third kappa shape index (κ3) is 4.23. The van der Waals surface area contributed by atoms with E-state index in [9.17, 15) is 0 Å². The molecule has 2 rings (SSSR count). The second kappa shape index (κ2) is 6.94. The molecule has 19 heavy (non-hydrogen) atoms. The van der Waals surface area contributed by atoms with Crippen molar-refractivity contribution in [2.45, 2.75) is 39.5 Å². The average molecular weight is 283 g/mol. The summed E-state index contributed by atoms with van der Waals surface area (Å²) in [5, 5.41) is 7.06. The highest BCUT2D eigenvalue weighted by Gasteiger charge is 2.18. The van der Waals surface area contributed by atoms with Gasteiger partial charge in [-0.25, -0.2) is 4.98 Å². The quantitative estimate of drug-likeness (QED) is 0.862. The van der Waals surface area contributed by atoms with Gasteiger partial charge in [-0.15, -0.1) is 0 Å². The highest BCUT2D eigenvalue weighted by atomic mass is 35.5. The highest BCUT2D eigenvalue weighted by molar-refractivity contribution is 6.32. The van der Waals surface area contributed by atoms with Gasteiger partial charge in [0.2, 0.25) is 5.95 Å². The molecule has 0 bridgehead atoms. The van der Waals surface area contributed by atoms with E-state index in [2.05, 4.69) is 27.5 Å². The van der Waals surface area contributed by atoms with Crippen LogP contribution in [0.2, 0.25) is 5.02 Å². The van der Waals surface area contributed by atoms with E-state index in [1.165, 1.54) is 25.7 Å². The molecule has 1 saturated carbocycles. The number of halogens is 1. The summed E-state index contributed by atoms with van der Waals surface area (Å²) < 4.78 is 0. The lowest BCUT2D eigenvalue weighted by Crippen LogP contribution is -2.21. The lowest BCUT2D eigenvalue weighted by Gasteiger charge is -2.26. The number of anilines is 2. The Morgan fingerprint density at radius 1 is 1.26 bits per heavy atom. The molecule has 1 aromatic heterocycles. The Labute approximate surface area is 120 Å². The Morgan fingerprint density at radius 2 is 2.00 bits per heavy atom. The molecule has 0 atom stereocenters. The number of hydrogen-bond donors (Lipinski definition) is 2. The Hall–Kier alpha value is -1.03. The summed E-state index contributed by atoms with van der Waals surface area (Å²) in [6.07, 6.45) is 6.94. The van der Waals surface area contributed by atoms with Gasteiger partial charge in [0.05, 0.1) is 6.20 Å². The van der Waals surface area contributed by atoms with Crippen molar-refractivity contribution < 1.29 is 0 Å². The summed E-state index contributed by atoms with van der Waals surface area (Å²) in [5.74, 6) is 3.00. The Morgan fingerprint density at radius 3 is 2.68 bits per heavy atom. The molecule has 0 radical (unpaired) electrons. The van der Waals surface area contributed by atoms with Gasteiger partial charge in [0.1, 0.15) is 10.8 Å². The highest BCUT2D eigenvalue weighted by Crippen LogP contribution is 2.29. The zero-order valence-corrected chi connectivity index (χ0v) is 12.5. The molecule has 1 aliphatic carbocycles. The van der Waals surface area contributed by atoms with Crippen molar-refractivity contribution in [2.24, 2.45) is 11.8 Å². The summed E-state index contributed by atoms with van der Waals surface area (Å²) in [6, 6.07) is 0. The minimum Gasteiger partial charge on any atom is -0.368 e. The number of rotatable bonds is 5. The zero-order valence-electron chi connectivity index (χ0n) is 11.7. The number of nitrogens with one attached hydrogen (secondary N) is 2. The molecular formula is C14H23ClN4. The van der Waals surface area contributed by atoms with Crippen LogP contribution in [0.25, 0.3) is 0 Å². The fourth-order valence-electron chi connectivity index (χ4n) is 2.51. The number of nitrogens with zero attached hydrogens (tertiary/aromatic N) is 2. The van der Waals surface area contributed by atoms with Crippen LogP contribution in [0, 0.1) is 11.8 Å². The first-order valence-electron chi connectivity index (χ1n) is 7.19. The van der Waals surface area contributed by atoms with E-state index in [0.29, 0.717) is 11.0 Å². The largest absolute Gasteiger partial charge is 0.368 e. The average Bonchev–Trinajstić information content (AvgIpc) is 2.41. The van der Waals surface area contributed by atoms with Crippen LogP contribution in [-0.2, 0) is 0 Å². The number of hydrogen-bond acceptors (Lipinski definition) is 4. The first-order valence-corrected chi connectivity index (χ1v) is 7.57. The second-order valence-electron chi connectivity index (χ2n) is 5.43. The molecule has 0 amide bonds. The maximum atomic E-state index is 6.12. The van der Waals surface area contributed by atoms with E-state index < -0.39 is 0 Å². The molecule has 1 aliphatic rings. The van der Waals surface area contributed by atoms with Crippen LogP contribution in [0.3, 0.4) is 0 Å². The summed E-state index contributed by atoms with van der Waals surface area (Å²) in [4.78, 5) is 8.54. The summed E-state index contributed by atoms with van der Waals surface area (Å²) >= 11 is 6.12. The van der Waals surface area contributed by atoms with Crippen LogP contribution in [-0.4, -0.2) is 23.1 Å². The second-order valence-corrected chi connectivity index (χ2v) is 5.83. The topological polar surface area (TPSA) is 49.8 Å². The van der Waals surface area contributed by atoms with Crippen LogP contribution in [0.1, 0.15) is 39.5 Å². The van der Waals surface area contributed by atoms with E-state index >= 15 is 0 Å². The SMILES string of the molecule is CCNc1ncc(Cl)c(NCC2CCC(C)CC2)n1. The molecule has 0 aliphatic heterocycles. The van der Waals surface area contributed by atoms with E-state index in [4.69, 9.17) is 11.6 Å². The maximum absolute atomic E-state index is 6.12. The van der Waals surface area contributed by atoms with Gasteiger partial charge < -0.3 is 10.6 Å². The van der Waals surface area contributed by atoms with E-state index in [1.54, 1.807) is 6.20 Å². The van der Waals surface area contributed by atoms with Gasteiger partial charge >= 0.3 is 0 Å². The molecule has 1 fully saturated rings. The molecular weight excluding hydrogens is 260 g/mol. The molecule has 0 saturated heterocycles. The Kier molecular flexibility index (Phi) is 5.25. The van der Waals surface area contributed by atoms with Crippen molar-refractivity contribution in [3.63, 3.8) is 0 Å². The lowest BCUT2D eigenvalue weighted by molar-refractivity contribution is 0.300. The fourth-order valence-corrected chi connectivity index (χ4v) is 2.67. The summed E-state index contributed by atoms with van der Waals surface area (Å²) in [7, 11) is 0. The minimum atomic E-state index is 0.589. The molecule has 106 valence electrons. The molecule has 1 aromatic rings. The van der Waals surface area contributed by atoms with E-state index in [-0.39, 0.29) is 0 Å². The lowest BCUT2D eigenvalue weighted by atomic mass is 9.83. The maximum Gasteiger partial charge on any atom is 0.224 e. The van der Waals surface area contributed by atoms with Gasteiger partial charge in [0.25, 0.3) is 0 Å². The van der Waals surface area contributed by atoms with Crippen LogP contribution in [0.5, 0.6) is 0 Å². The predicted octanol–water partition coefficient (Wildman–Crippen LogP) is 3.80. The molecule has 2 N–H and O–H groups in total. The van der Waals surface area contributed by atoms with Crippen LogP contribution in [0.4, 0.5) is 11.8 Å². The van der Waals surface area contributed by atoms with Gasteiger partial charge in [-0.3, -0.25) is 0 Å². The monoisotopic (exact) mass is 282 g/mol. The summed E-state index contributed by atoms with van der Waals surface area (Å²) in [6.45, 7) is 6.12. The van der Waals surface area contributed by atoms with Gasteiger partial charge in [-0.1, -0.05) is 31.4 Å². The molecule has 5 heteroatoms. The Balaban J connectivity index is 1.89. The number of aromatic nitrogens is 2.